The summed E-state index contributed by atoms with van der Waals surface area (Å²) < 4.78 is 0. The van der Waals surface area contributed by atoms with E-state index in [4.69, 9.17) is 0 Å². The summed E-state index contributed by atoms with van der Waals surface area (Å²) in [7, 11) is 0. The van der Waals surface area contributed by atoms with Crippen LogP contribution in [0.4, 0.5) is 0 Å². The van der Waals surface area contributed by atoms with Crippen molar-refractivity contribution in [2.45, 2.75) is 51.0 Å². The molecule has 1 aliphatic heterocycles. The van der Waals surface area contributed by atoms with Gasteiger partial charge in [-0.3, -0.25) is 0 Å². The molecule has 0 aromatic carbocycles. The SMILES string of the molecule is [CH-]1CCCCC1C1CCCCN1.[Ir]. The maximum Gasteiger partial charge on any atom is 0 e. The summed E-state index contributed by atoms with van der Waals surface area (Å²) in [6.07, 6.45) is 12.5. The van der Waals surface area contributed by atoms with Gasteiger partial charge in [0.05, 0.1) is 0 Å². The molecule has 1 saturated heterocycles. The summed E-state index contributed by atoms with van der Waals surface area (Å²) in [6, 6.07) is 0.832. The maximum atomic E-state index is 3.66. The molecule has 1 nitrogen and oxygen atoms in total. The summed E-state index contributed by atoms with van der Waals surface area (Å²) >= 11 is 0. The normalized spacial score (nSPS) is 35.1. The summed E-state index contributed by atoms with van der Waals surface area (Å²) in [5, 5.41) is 3.66. The van der Waals surface area contributed by atoms with Gasteiger partial charge in [-0.15, -0.1) is 0 Å². The van der Waals surface area contributed by atoms with Gasteiger partial charge in [-0.25, -0.2) is 0 Å². The number of piperidine rings is 1. The Hall–Kier alpha value is 0.609. The van der Waals surface area contributed by atoms with E-state index < -0.39 is 0 Å². The van der Waals surface area contributed by atoms with E-state index >= 15 is 0 Å². The number of hydrogen-bond donors (Lipinski definition) is 1. The van der Waals surface area contributed by atoms with Crippen molar-refractivity contribution >= 4 is 0 Å². The second-order valence-electron chi connectivity index (χ2n) is 4.24. The van der Waals surface area contributed by atoms with Crippen LogP contribution in [0.1, 0.15) is 44.9 Å². The third-order valence-corrected chi connectivity index (χ3v) is 3.33. The van der Waals surface area contributed by atoms with Gasteiger partial charge in [-0.05, 0) is 25.4 Å². The summed E-state index contributed by atoms with van der Waals surface area (Å²) in [6.45, 7) is 1.26. The fourth-order valence-electron chi connectivity index (χ4n) is 2.58. The predicted octanol–water partition coefficient (Wildman–Crippen LogP) is 2.52. The molecule has 2 fully saturated rings. The Morgan fingerprint density at radius 1 is 1.00 bits per heavy atom. The minimum absolute atomic E-state index is 0. The average molecular weight is 359 g/mol. The van der Waals surface area contributed by atoms with E-state index in [0.29, 0.717) is 0 Å². The molecule has 2 aliphatic rings. The van der Waals surface area contributed by atoms with Crippen LogP contribution in [0.25, 0.3) is 0 Å². The van der Waals surface area contributed by atoms with Gasteiger partial charge in [0.15, 0.2) is 0 Å². The minimum Gasteiger partial charge on any atom is -0.324 e. The van der Waals surface area contributed by atoms with E-state index in [1.165, 1.54) is 51.5 Å². The first kappa shape index (κ1) is 11.7. The Bertz CT molecular complexity index is 110. The van der Waals surface area contributed by atoms with Crippen LogP contribution >= 0.6 is 0 Å². The Morgan fingerprint density at radius 3 is 2.46 bits per heavy atom. The number of nitrogens with one attached hydrogen (secondary N) is 1. The van der Waals surface area contributed by atoms with Gasteiger partial charge in [0.25, 0.3) is 0 Å². The molecule has 1 heterocycles. The van der Waals surface area contributed by atoms with Crippen molar-refractivity contribution in [2.75, 3.05) is 6.54 Å². The second-order valence-corrected chi connectivity index (χ2v) is 4.24. The van der Waals surface area contributed by atoms with Crippen LogP contribution in [0.5, 0.6) is 0 Å². The fraction of sp³-hybridized carbons (Fsp3) is 0.909. The smallest absolute Gasteiger partial charge is 0 e. The molecule has 2 heteroatoms. The van der Waals surface area contributed by atoms with Crippen LogP contribution in [0.15, 0.2) is 0 Å². The quantitative estimate of drug-likeness (QED) is 0.711. The summed E-state index contributed by atoms with van der Waals surface area (Å²) in [5.74, 6) is 0.902. The molecule has 1 N–H and O–H groups in total. The van der Waals surface area contributed by atoms with Gasteiger partial charge in [0, 0.05) is 20.1 Å². The Morgan fingerprint density at radius 2 is 1.85 bits per heavy atom. The second kappa shape index (κ2) is 6.16. The molecular formula is C11H20IrN-. The van der Waals surface area contributed by atoms with Gasteiger partial charge >= 0.3 is 0 Å². The standard InChI is InChI=1S/C11H20N.Ir/c1-2-6-10(7-3-1)11-8-4-5-9-12-11;/h6,10-12H,1-5,7-9H2;/q-1;. The number of hydrogen-bond acceptors (Lipinski definition) is 1. The Labute approximate surface area is 95.4 Å². The van der Waals surface area contributed by atoms with Gasteiger partial charge < -0.3 is 11.7 Å². The summed E-state index contributed by atoms with van der Waals surface area (Å²) in [4.78, 5) is 0. The molecule has 2 unspecified atom stereocenters. The first-order valence-corrected chi connectivity index (χ1v) is 5.53. The molecule has 0 aromatic rings. The van der Waals surface area contributed by atoms with Crippen LogP contribution < -0.4 is 5.32 Å². The minimum atomic E-state index is 0. The van der Waals surface area contributed by atoms with Crippen LogP contribution in [-0.2, 0) is 20.1 Å². The molecule has 1 radical (unpaired) electrons. The van der Waals surface area contributed by atoms with Crippen LogP contribution in [0, 0.1) is 12.3 Å². The van der Waals surface area contributed by atoms with Gasteiger partial charge in [0.1, 0.15) is 0 Å². The van der Waals surface area contributed by atoms with E-state index in [-0.39, 0.29) is 20.1 Å². The first-order valence-electron chi connectivity index (χ1n) is 5.53. The zero-order valence-electron chi connectivity index (χ0n) is 8.22. The van der Waals surface area contributed by atoms with E-state index in [0.717, 1.165) is 12.0 Å². The van der Waals surface area contributed by atoms with E-state index in [1.54, 1.807) is 0 Å². The third-order valence-electron chi connectivity index (χ3n) is 3.33. The first-order chi connectivity index (χ1) is 5.97. The largest absolute Gasteiger partial charge is 0.324 e. The van der Waals surface area contributed by atoms with Crippen molar-refractivity contribution in [2.24, 2.45) is 5.92 Å². The van der Waals surface area contributed by atoms with Crippen LogP contribution in [-0.4, -0.2) is 12.6 Å². The zero-order valence-corrected chi connectivity index (χ0v) is 10.6. The predicted molar refractivity (Wildman–Crippen MR) is 51.9 cm³/mol. The maximum absolute atomic E-state index is 3.66. The molecule has 0 bridgehead atoms. The zero-order chi connectivity index (χ0) is 8.23. The Kier molecular flexibility index (Phi) is 5.54. The monoisotopic (exact) mass is 359 g/mol. The average Bonchev–Trinajstić information content (AvgIpc) is 2.21. The van der Waals surface area contributed by atoms with E-state index in [9.17, 15) is 0 Å². The van der Waals surface area contributed by atoms with Crippen molar-refractivity contribution in [1.82, 2.24) is 5.32 Å². The van der Waals surface area contributed by atoms with Gasteiger partial charge in [0.2, 0.25) is 0 Å². The topological polar surface area (TPSA) is 12.0 Å². The van der Waals surface area contributed by atoms with Crippen molar-refractivity contribution in [1.29, 1.82) is 0 Å². The molecule has 0 spiro atoms. The fourth-order valence-corrected chi connectivity index (χ4v) is 2.58. The molecule has 0 amide bonds. The van der Waals surface area contributed by atoms with Crippen molar-refractivity contribution in [3.05, 3.63) is 6.42 Å². The van der Waals surface area contributed by atoms with Gasteiger partial charge in [-0.1, -0.05) is 25.7 Å². The molecule has 13 heavy (non-hydrogen) atoms. The Balaban J connectivity index is 0.000000845. The molecule has 2 atom stereocenters. The summed E-state index contributed by atoms with van der Waals surface area (Å²) in [5.41, 5.74) is 0. The van der Waals surface area contributed by atoms with Crippen molar-refractivity contribution < 1.29 is 20.1 Å². The van der Waals surface area contributed by atoms with E-state index in [2.05, 4.69) is 11.7 Å². The van der Waals surface area contributed by atoms with Crippen molar-refractivity contribution in [3.63, 3.8) is 0 Å². The van der Waals surface area contributed by atoms with E-state index in [1.807, 2.05) is 0 Å². The molecule has 0 aromatic heterocycles. The number of rotatable bonds is 1. The molecular weight excluding hydrogens is 338 g/mol. The van der Waals surface area contributed by atoms with Crippen LogP contribution in [0.2, 0.25) is 0 Å². The molecule has 2 rings (SSSR count). The van der Waals surface area contributed by atoms with Gasteiger partial charge in [-0.2, -0.15) is 12.3 Å². The molecule has 1 aliphatic carbocycles. The third kappa shape index (κ3) is 3.34. The van der Waals surface area contributed by atoms with Crippen LogP contribution in [0.3, 0.4) is 0 Å². The van der Waals surface area contributed by atoms with Crippen molar-refractivity contribution in [3.8, 4) is 0 Å². The molecule has 79 valence electrons. The molecule has 1 saturated carbocycles.